The average Bonchev–Trinajstić information content (AvgIpc) is 2.84. The molecule has 176 valence electrons. The number of carbonyl (C=O) groups is 2. The van der Waals surface area contributed by atoms with Gasteiger partial charge in [-0.05, 0) is 49.6 Å². The second-order valence-electron chi connectivity index (χ2n) is 7.09. The predicted octanol–water partition coefficient (Wildman–Crippen LogP) is 4.02. The Morgan fingerprint density at radius 3 is 2.39 bits per heavy atom. The van der Waals surface area contributed by atoms with Crippen LogP contribution < -0.4 is 19.5 Å². The molecule has 1 atom stereocenters. The zero-order valence-electron chi connectivity index (χ0n) is 19.3. The highest BCUT2D eigenvalue weighted by atomic mass is 32.2. The minimum atomic E-state index is -0.786. The van der Waals surface area contributed by atoms with E-state index in [-0.39, 0.29) is 24.8 Å². The van der Waals surface area contributed by atoms with E-state index >= 15 is 0 Å². The SMILES string of the molecule is CCOC(=O)C1=C(COc2ccc(SC)cc2)N(C)C(=O)N[C@H]1c1ccc(OC)cc1OC. The van der Waals surface area contributed by atoms with Gasteiger partial charge < -0.3 is 24.3 Å². The summed E-state index contributed by atoms with van der Waals surface area (Å²) < 4.78 is 22.1. The number of thioether (sulfide) groups is 1. The highest BCUT2D eigenvalue weighted by Crippen LogP contribution is 2.37. The van der Waals surface area contributed by atoms with Gasteiger partial charge in [-0.15, -0.1) is 11.8 Å². The fourth-order valence-electron chi connectivity index (χ4n) is 3.50. The number of methoxy groups -OCH3 is 2. The Morgan fingerprint density at radius 1 is 1.09 bits per heavy atom. The van der Waals surface area contributed by atoms with E-state index in [1.165, 1.54) is 12.0 Å². The molecule has 9 heteroatoms. The number of esters is 1. The summed E-state index contributed by atoms with van der Waals surface area (Å²) in [5.74, 6) is 1.15. The molecule has 8 nitrogen and oxygen atoms in total. The smallest absolute Gasteiger partial charge is 0.338 e. The van der Waals surface area contributed by atoms with Crippen LogP contribution in [0, 0.1) is 0 Å². The molecule has 0 saturated carbocycles. The van der Waals surface area contributed by atoms with Gasteiger partial charge in [0, 0.05) is 23.6 Å². The van der Waals surface area contributed by atoms with Crippen LogP contribution in [-0.4, -0.2) is 57.6 Å². The van der Waals surface area contributed by atoms with Gasteiger partial charge in [0.25, 0.3) is 0 Å². The number of likely N-dealkylation sites (N-methyl/N-ethyl adjacent to an activating group) is 1. The number of hydrogen-bond donors (Lipinski definition) is 1. The molecular weight excluding hydrogens is 444 g/mol. The van der Waals surface area contributed by atoms with Gasteiger partial charge in [-0.25, -0.2) is 9.59 Å². The van der Waals surface area contributed by atoms with Crippen molar-refractivity contribution in [3.63, 3.8) is 0 Å². The molecule has 2 aromatic rings. The Morgan fingerprint density at radius 2 is 1.79 bits per heavy atom. The molecule has 0 aromatic heterocycles. The third-order valence-corrected chi connectivity index (χ3v) is 6.00. The lowest BCUT2D eigenvalue weighted by atomic mass is 9.94. The van der Waals surface area contributed by atoms with E-state index in [2.05, 4.69) is 5.32 Å². The van der Waals surface area contributed by atoms with E-state index in [1.54, 1.807) is 51.0 Å². The molecule has 0 spiro atoms. The van der Waals surface area contributed by atoms with Crippen molar-refractivity contribution >= 4 is 23.8 Å². The van der Waals surface area contributed by atoms with Gasteiger partial charge in [0.05, 0.1) is 38.1 Å². The fourth-order valence-corrected chi connectivity index (χ4v) is 3.90. The minimum Gasteiger partial charge on any atom is -0.497 e. The summed E-state index contributed by atoms with van der Waals surface area (Å²) in [7, 11) is 4.66. The molecule has 1 aliphatic rings. The summed E-state index contributed by atoms with van der Waals surface area (Å²) in [6.45, 7) is 1.93. The Hall–Kier alpha value is -3.33. The number of nitrogens with one attached hydrogen (secondary N) is 1. The van der Waals surface area contributed by atoms with E-state index in [1.807, 2.05) is 30.5 Å². The van der Waals surface area contributed by atoms with Gasteiger partial charge in [-0.2, -0.15) is 0 Å². The number of benzene rings is 2. The second-order valence-corrected chi connectivity index (χ2v) is 7.97. The molecular formula is C24H28N2O6S. The number of ether oxygens (including phenoxy) is 4. The Balaban J connectivity index is 2.05. The molecule has 1 heterocycles. The topological polar surface area (TPSA) is 86.3 Å². The molecule has 0 aliphatic carbocycles. The molecule has 1 N–H and O–H groups in total. The molecule has 1 aliphatic heterocycles. The average molecular weight is 473 g/mol. The van der Waals surface area contributed by atoms with Crippen LogP contribution in [0.2, 0.25) is 0 Å². The molecule has 2 amide bonds. The molecule has 0 fully saturated rings. The van der Waals surface area contributed by atoms with Crippen LogP contribution in [0.15, 0.2) is 58.6 Å². The van der Waals surface area contributed by atoms with Crippen molar-refractivity contribution in [3.05, 3.63) is 59.3 Å². The number of urea groups is 1. The zero-order chi connectivity index (χ0) is 24.0. The zero-order valence-corrected chi connectivity index (χ0v) is 20.2. The number of nitrogens with zero attached hydrogens (tertiary/aromatic N) is 1. The number of amides is 2. The van der Waals surface area contributed by atoms with E-state index < -0.39 is 12.0 Å². The molecule has 0 radical (unpaired) electrons. The van der Waals surface area contributed by atoms with Crippen molar-refractivity contribution in [2.75, 3.05) is 40.7 Å². The van der Waals surface area contributed by atoms with Gasteiger partial charge in [-0.1, -0.05) is 0 Å². The van der Waals surface area contributed by atoms with Gasteiger partial charge in [0.2, 0.25) is 0 Å². The standard InChI is InChI=1S/C24H28N2O6S/c1-6-31-23(27)21-19(14-32-15-7-10-17(33-5)11-8-15)26(2)24(28)25-22(21)18-12-9-16(29-3)13-20(18)30-4/h7-13,22H,6,14H2,1-5H3,(H,25,28)/t22-/m0/s1. The first-order valence-electron chi connectivity index (χ1n) is 10.4. The first-order chi connectivity index (χ1) is 15.9. The molecule has 0 saturated heterocycles. The van der Waals surface area contributed by atoms with E-state index in [4.69, 9.17) is 18.9 Å². The van der Waals surface area contributed by atoms with Gasteiger partial charge >= 0.3 is 12.0 Å². The fraction of sp³-hybridized carbons (Fsp3) is 0.333. The molecule has 3 rings (SSSR count). The van der Waals surface area contributed by atoms with E-state index in [0.29, 0.717) is 28.5 Å². The first-order valence-corrected chi connectivity index (χ1v) is 11.6. The highest BCUT2D eigenvalue weighted by molar-refractivity contribution is 7.98. The van der Waals surface area contributed by atoms with Gasteiger partial charge in [0.1, 0.15) is 23.9 Å². The lowest BCUT2D eigenvalue weighted by Gasteiger charge is -2.35. The lowest BCUT2D eigenvalue weighted by molar-refractivity contribution is -0.139. The van der Waals surface area contributed by atoms with Gasteiger partial charge in [-0.3, -0.25) is 4.90 Å². The Bertz CT molecular complexity index is 1040. The van der Waals surface area contributed by atoms with Crippen LogP contribution in [0.5, 0.6) is 17.2 Å². The maximum absolute atomic E-state index is 13.1. The Kier molecular flexibility index (Phi) is 8.11. The third-order valence-electron chi connectivity index (χ3n) is 5.26. The van der Waals surface area contributed by atoms with Crippen LogP contribution in [0.3, 0.4) is 0 Å². The third kappa shape index (κ3) is 5.36. The summed E-state index contributed by atoms with van der Waals surface area (Å²) in [6.07, 6.45) is 2.00. The summed E-state index contributed by atoms with van der Waals surface area (Å²) in [6, 6.07) is 11.6. The largest absolute Gasteiger partial charge is 0.497 e. The molecule has 2 aromatic carbocycles. The van der Waals surface area contributed by atoms with Crippen LogP contribution >= 0.6 is 11.8 Å². The maximum Gasteiger partial charge on any atom is 0.338 e. The number of hydrogen-bond acceptors (Lipinski definition) is 7. The van der Waals surface area contributed by atoms with Gasteiger partial charge in [0.15, 0.2) is 0 Å². The second kappa shape index (κ2) is 11.0. The Labute approximate surface area is 197 Å². The van der Waals surface area contributed by atoms with Crippen LogP contribution in [0.4, 0.5) is 4.79 Å². The van der Waals surface area contributed by atoms with Crippen molar-refractivity contribution in [2.45, 2.75) is 17.9 Å². The van der Waals surface area contributed by atoms with Crippen LogP contribution in [-0.2, 0) is 9.53 Å². The lowest BCUT2D eigenvalue weighted by Crippen LogP contribution is -2.48. The summed E-state index contributed by atoms with van der Waals surface area (Å²) >= 11 is 1.63. The maximum atomic E-state index is 13.1. The predicted molar refractivity (Wildman–Crippen MR) is 126 cm³/mol. The monoisotopic (exact) mass is 472 g/mol. The van der Waals surface area contributed by atoms with E-state index in [9.17, 15) is 9.59 Å². The van der Waals surface area contributed by atoms with Crippen molar-refractivity contribution in [2.24, 2.45) is 0 Å². The quantitative estimate of drug-likeness (QED) is 0.436. The molecule has 0 bridgehead atoms. The van der Waals surface area contributed by atoms with Crippen LogP contribution in [0.1, 0.15) is 18.5 Å². The van der Waals surface area contributed by atoms with Crippen molar-refractivity contribution in [1.82, 2.24) is 10.2 Å². The molecule has 33 heavy (non-hydrogen) atoms. The minimum absolute atomic E-state index is 0.00561. The first kappa shape index (κ1) is 24.3. The van der Waals surface area contributed by atoms with Crippen LogP contribution in [0.25, 0.3) is 0 Å². The normalized spacial score (nSPS) is 15.7. The summed E-state index contributed by atoms with van der Waals surface area (Å²) in [4.78, 5) is 28.4. The van der Waals surface area contributed by atoms with Crippen molar-refractivity contribution < 1.29 is 28.5 Å². The van der Waals surface area contributed by atoms with Crippen molar-refractivity contribution in [1.29, 1.82) is 0 Å². The summed E-state index contributed by atoms with van der Waals surface area (Å²) in [5.41, 5.74) is 1.29. The number of carbonyl (C=O) groups excluding carboxylic acids is 2. The molecule has 0 unspecified atom stereocenters. The summed E-state index contributed by atoms with van der Waals surface area (Å²) in [5, 5.41) is 2.88. The van der Waals surface area contributed by atoms with E-state index in [0.717, 1.165) is 4.90 Å². The number of rotatable bonds is 9. The highest BCUT2D eigenvalue weighted by Gasteiger charge is 2.38. The van der Waals surface area contributed by atoms with Crippen molar-refractivity contribution in [3.8, 4) is 17.2 Å².